The van der Waals surface area contributed by atoms with Crippen molar-refractivity contribution in [2.45, 2.75) is 65.8 Å². The Morgan fingerprint density at radius 1 is 1.38 bits per heavy atom. The van der Waals surface area contributed by atoms with E-state index in [0.717, 1.165) is 6.42 Å². The number of fused-ring (bicyclic) bond motifs is 1. The molecule has 3 nitrogen and oxygen atoms in total. The van der Waals surface area contributed by atoms with Gasteiger partial charge in [0.1, 0.15) is 0 Å². The van der Waals surface area contributed by atoms with Gasteiger partial charge < -0.3 is 14.6 Å². The van der Waals surface area contributed by atoms with Crippen LogP contribution in [-0.2, 0) is 9.47 Å². The predicted octanol–water partition coefficient (Wildman–Crippen LogP) is 4.01. The molecular weight excluding hydrogens is 264 g/mol. The molecule has 2 saturated carbocycles. The highest BCUT2D eigenvalue weighted by atomic mass is 16.7. The molecule has 2 aliphatic rings. The second-order valence-corrected chi connectivity index (χ2v) is 6.47. The van der Waals surface area contributed by atoms with Crippen molar-refractivity contribution in [1.82, 2.24) is 0 Å². The van der Waals surface area contributed by atoms with Crippen molar-refractivity contribution in [3.63, 3.8) is 0 Å². The number of ether oxygens (including phenoxy) is 2. The molecule has 6 unspecified atom stereocenters. The van der Waals surface area contributed by atoms with E-state index < -0.39 is 0 Å². The molecule has 0 saturated heterocycles. The Balaban J connectivity index is 0.00000106. The Labute approximate surface area is 130 Å². The molecule has 0 heterocycles. The summed E-state index contributed by atoms with van der Waals surface area (Å²) in [6, 6.07) is 0. The predicted molar refractivity (Wildman–Crippen MR) is 87.0 cm³/mol. The molecule has 2 aliphatic carbocycles. The van der Waals surface area contributed by atoms with E-state index in [1.165, 1.54) is 19.3 Å². The second kappa shape index (κ2) is 8.30. The minimum atomic E-state index is -0.331. The first-order valence-electron chi connectivity index (χ1n) is 8.49. The molecule has 0 aromatic heterocycles. The van der Waals surface area contributed by atoms with E-state index >= 15 is 0 Å². The van der Waals surface area contributed by atoms with Gasteiger partial charge in [-0.3, -0.25) is 0 Å². The first-order valence-corrected chi connectivity index (χ1v) is 8.49. The molecule has 3 heteroatoms. The molecule has 0 spiro atoms. The lowest BCUT2D eigenvalue weighted by Crippen LogP contribution is -2.44. The lowest BCUT2D eigenvalue weighted by atomic mass is 9.62. The third kappa shape index (κ3) is 3.52. The SMILES string of the molecule is C=CCOC(OC)C1CC2CCCC(C)C2(C)C1O.CC. The lowest BCUT2D eigenvalue weighted by Gasteiger charge is -2.44. The molecule has 0 bridgehead atoms. The van der Waals surface area contributed by atoms with Gasteiger partial charge in [0.2, 0.25) is 0 Å². The van der Waals surface area contributed by atoms with Gasteiger partial charge in [0.15, 0.2) is 6.29 Å². The average Bonchev–Trinajstić information content (AvgIpc) is 2.77. The van der Waals surface area contributed by atoms with Gasteiger partial charge in [-0.15, -0.1) is 6.58 Å². The quantitative estimate of drug-likeness (QED) is 0.615. The third-order valence-corrected chi connectivity index (χ3v) is 5.69. The molecule has 124 valence electrons. The van der Waals surface area contributed by atoms with E-state index in [1.807, 2.05) is 13.8 Å². The second-order valence-electron chi connectivity index (χ2n) is 6.47. The molecular formula is C18H34O3. The van der Waals surface area contributed by atoms with E-state index in [2.05, 4.69) is 20.4 Å². The molecule has 21 heavy (non-hydrogen) atoms. The number of aliphatic hydroxyl groups excluding tert-OH is 1. The van der Waals surface area contributed by atoms with E-state index in [0.29, 0.717) is 18.4 Å². The largest absolute Gasteiger partial charge is 0.392 e. The lowest BCUT2D eigenvalue weighted by molar-refractivity contribution is -0.174. The highest BCUT2D eigenvalue weighted by Gasteiger charge is 2.57. The van der Waals surface area contributed by atoms with E-state index in [1.54, 1.807) is 13.2 Å². The van der Waals surface area contributed by atoms with Crippen LogP contribution in [0.25, 0.3) is 0 Å². The summed E-state index contributed by atoms with van der Waals surface area (Å²) in [7, 11) is 1.66. The standard InChI is InChI=1S/C16H28O3.C2H6/c1-5-9-19-15(18-4)13-10-12-8-6-7-11(2)16(12,3)14(13)17;1-2/h5,11-15,17H,1,6-10H2,2-4H3;1-2H3. The van der Waals surface area contributed by atoms with Crippen LogP contribution in [0, 0.1) is 23.2 Å². The molecule has 0 amide bonds. The van der Waals surface area contributed by atoms with Crippen LogP contribution in [-0.4, -0.2) is 31.2 Å². The average molecular weight is 298 g/mol. The van der Waals surface area contributed by atoms with Crippen molar-refractivity contribution >= 4 is 0 Å². The van der Waals surface area contributed by atoms with Gasteiger partial charge >= 0.3 is 0 Å². The van der Waals surface area contributed by atoms with Crippen LogP contribution in [0.5, 0.6) is 0 Å². The van der Waals surface area contributed by atoms with Crippen LogP contribution in [0.2, 0.25) is 0 Å². The minimum absolute atomic E-state index is 0.0250. The number of hydrogen-bond acceptors (Lipinski definition) is 3. The van der Waals surface area contributed by atoms with Gasteiger partial charge in [0, 0.05) is 13.0 Å². The summed E-state index contributed by atoms with van der Waals surface area (Å²) in [5, 5.41) is 10.8. The zero-order chi connectivity index (χ0) is 16.0. The maximum atomic E-state index is 10.8. The van der Waals surface area contributed by atoms with Gasteiger partial charge in [0.05, 0.1) is 12.7 Å². The Kier molecular flexibility index (Phi) is 7.38. The summed E-state index contributed by atoms with van der Waals surface area (Å²) < 4.78 is 11.1. The van der Waals surface area contributed by atoms with Crippen molar-refractivity contribution in [2.75, 3.05) is 13.7 Å². The monoisotopic (exact) mass is 298 g/mol. The Hall–Kier alpha value is -0.380. The van der Waals surface area contributed by atoms with Crippen LogP contribution < -0.4 is 0 Å². The van der Waals surface area contributed by atoms with E-state index in [9.17, 15) is 5.11 Å². The van der Waals surface area contributed by atoms with Gasteiger partial charge in [-0.05, 0) is 30.1 Å². The summed E-state index contributed by atoms with van der Waals surface area (Å²) in [6.07, 6.45) is 5.83. The molecule has 1 N–H and O–H groups in total. The third-order valence-electron chi connectivity index (χ3n) is 5.69. The molecule has 0 radical (unpaired) electrons. The van der Waals surface area contributed by atoms with Crippen molar-refractivity contribution < 1.29 is 14.6 Å². The van der Waals surface area contributed by atoms with Crippen molar-refractivity contribution in [3.05, 3.63) is 12.7 Å². The summed E-state index contributed by atoms with van der Waals surface area (Å²) >= 11 is 0. The van der Waals surface area contributed by atoms with Crippen LogP contribution in [0.3, 0.4) is 0 Å². The number of hydrogen-bond donors (Lipinski definition) is 1. The van der Waals surface area contributed by atoms with Gasteiger partial charge in [0.25, 0.3) is 0 Å². The van der Waals surface area contributed by atoms with Gasteiger partial charge in [-0.1, -0.05) is 46.6 Å². The Bertz CT molecular complexity index is 318. The van der Waals surface area contributed by atoms with Crippen LogP contribution in [0.15, 0.2) is 12.7 Å². The fourth-order valence-electron chi connectivity index (χ4n) is 4.31. The summed E-state index contributed by atoms with van der Waals surface area (Å²) in [5.41, 5.74) is 0.0250. The zero-order valence-corrected chi connectivity index (χ0v) is 14.5. The highest BCUT2D eigenvalue weighted by Crippen LogP contribution is 2.57. The minimum Gasteiger partial charge on any atom is -0.392 e. The first kappa shape index (κ1) is 18.7. The number of aliphatic hydroxyl groups is 1. The molecule has 0 aromatic rings. The molecule has 2 fully saturated rings. The van der Waals surface area contributed by atoms with Crippen molar-refractivity contribution in [1.29, 1.82) is 0 Å². The smallest absolute Gasteiger partial charge is 0.162 e. The van der Waals surface area contributed by atoms with Crippen molar-refractivity contribution in [3.8, 4) is 0 Å². The number of methoxy groups -OCH3 is 1. The zero-order valence-electron chi connectivity index (χ0n) is 14.5. The molecule has 0 aliphatic heterocycles. The van der Waals surface area contributed by atoms with E-state index in [-0.39, 0.29) is 23.7 Å². The van der Waals surface area contributed by atoms with Crippen LogP contribution in [0.4, 0.5) is 0 Å². The van der Waals surface area contributed by atoms with Crippen LogP contribution >= 0.6 is 0 Å². The molecule has 6 atom stereocenters. The Morgan fingerprint density at radius 2 is 2.05 bits per heavy atom. The van der Waals surface area contributed by atoms with Crippen molar-refractivity contribution in [2.24, 2.45) is 23.2 Å². The Morgan fingerprint density at radius 3 is 2.57 bits per heavy atom. The summed E-state index contributed by atoms with van der Waals surface area (Å²) in [6.45, 7) is 12.7. The van der Waals surface area contributed by atoms with Crippen LogP contribution in [0.1, 0.15) is 53.4 Å². The summed E-state index contributed by atoms with van der Waals surface area (Å²) in [4.78, 5) is 0. The maximum absolute atomic E-state index is 10.8. The maximum Gasteiger partial charge on any atom is 0.162 e. The summed E-state index contributed by atoms with van der Waals surface area (Å²) in [5.74, 6) is 1.25. The highest BCUT2D eigenvalue weighted by molar-refractivity contribution is 5.04. The van der Waals surface area contributed by atoms with Gasteiger partial charge in [-0.2, -0.15) is 0 Å². The number of rotatable bonds is 5. The topological polar surface area (TPSA) is 38.7 Å². The fraction of sp³-hybridized carbons (Fsp3) is 0.889. The normalized spacial score (nSPS) is 39.9. The van der Waals surface area contributed by atoms with Gasteiger partial charge in [-0.25, -0.2) is 0 Å². The molecule has 0 aromatic carbocycles. The molecule has 2 rings (SSSR count). The first-order chi connectivity index (χ1) is 10.1. The van der Waals surface area contributed by atoms with E-state index in [4.69, 9.17) is 9.47 Å². The fourth-order valence-corrected chi connectivity index (χ4v) is 4.31.